The van der Waals surface area contributed by atoms with Crippen molar-refractivity contribution in [2.75, 3.05) is 19.1 Å². The monoisotopic (exact) mass is 278 g/mol. The van der Waals surface area contributed by atoms with Gasteiger partial charge in [0.15, 0.2) is 0 Å². The Morgan fingerprint density at radius 3 is 2.75 bits per heavy atom. The summed E-state index contributed by atoms with van der Waals surface area (Å²) >= 11 is 0. The maximum Gasteiger partial charge on any atom is 0.301 e. The number of hydrazone groups is 1. The number of hydrogen-bond donors (Lipinski definition) is 1. The fraction of sp³-hybridized carbons (Fsp3) is 0.182. The van der Waals surface area contributed by atoms with Gasteiger partial charge in [-0.3, -0.25) is 25.7 Å². The fourth-order valence-corrected chi connectivity index (χ4v) is 1.17. The van der Waals surface area contributed by atoms with Crippen LogP contribution in [-0.4, -0.2) is 29.8 Å². The first kappa shape index (κ1) is 15.1. The Bertz CT molecular complexity index is 603. The molecule has 0 saturated heterocycles. The van der Waals surface area contributed by atoms with E-state index >= 15 is 0 Å². The van der Waals surface area contributed by atoms with Crippen LogP contribution in [0, 0.1) is 32.1 Å². The lowest BCUT2D eigenvalue weighted by molar-refractivity contribution is -0.393. The van der Waals surface area contributed by atoms with Crippen molar-refractivity contribution < 1.29 is 14.6 Å². The Balaban J connectivity index is 2.88. The lowest BCUT2D eigenvalue weighted by Gasteiger charge is -2.00. The van der Waals surface area contributed by atoms with Gasteiger partial charge < -0.3 is 4.74 Å². The van der Waals surface area contributed by atoms with E-state index in [1.54, 1.807) is 0 Å². The van der Waals surface area contributed by atoms with Crippen molar-refractivity contribution in [2.45, 2.75) is 0 Å². The standard InChI is InChI=1S/C11H10N4O5/c1-20-7-3-2-6-12-13-10-5-4-9(14(16)17)8-11(10)15(18)19/h4-6,8,13H,7H2,1H3/b12-6+. The van der Waals surface area contributed by atoms with Crippen LogP contribution < -0.4 is 5.43 Å². The van der Waals surface area contributed by atoms with Crippen LogP contribution in [0.25, 0.3) is 0 Å². The van der Waals surface area contributed by atoms with Gasteiger partial charge in [-0.1, -0.05) is 11.8 Å². The average molecular weight is 278 g/mol. The molecule has 9 nitrogen and oxygen atoms in total. The molecule has 20 heavy (non-hydrogen) atoms. The molecule has 0 spiro atoms. The molecule has 0 heterocycles. The second-order valence-corrected chi connectivity index (χ2v) is 3.34. The van der Waals surface area contributed by atoms with Crippen LogP contribution >= 0.6 is 0 Å². The highest BCUT2D eigenvalue weighted by atomic mass is 16.6. The third kappa shape index (κ3) is 4.35. The van der Waals surface area contributed by atoms with Crippen LogP contribution in [0.1, 0.15) is 0 Å². The molecule has 1 aromatic carbocycles. The molecule has 0 radical (unpaired) electrons. The third-order valence-corrected chi connectivity index (χ3v) is 2.02. The van der Waals surface area contributed by atoms with E-state index in [1.165, 1.54) is 19.4 Å². The molecule has 1 aromatic rings. The molecular weight excluding hydrogens is 268 g/mol. The Kier molecular flexibility index (Phi) is 5.61. The first-order valence-electron chi connectivity index (χ1n) is 5.24. The smallest absolute Gasteiger partial charge is 0.301 e. The first-order valence-corrected chi connectivity index (χ1v) is 5.24. The zero-order chi connectivity index (χ0) is 15.0. The maximum atomic E-state index is 10.8. The van der Waals surface area contributed by atoms with E-state index in [1.807, 2.05) is 0 Å². The van der Waals surface area contributed by atoms with Crippen LogP contribution in [-0.2, 0) is 4.74 Å². The topological polar surface area (TPSA) is 120 Å². The summed E-state index contributed by atoms with van der Waals surface area (Å²) in [6, 6.07) is 3.20. The molecule has 0 unspecified atom stereocenters. The molecule has 0 amide bonds. The molecule has 0 bridgehead atoms. The number of methoxy groups -OCH3 is 1. The Morgan fingerprint density at radius 1 is 1.40 bits per heavy atom. The van der Waals surface area contributed by atoms with Crippen LogP contribution in [0.2, 0.25) is 0 Å². The van der Waals surface area contributed by atoms with Crippen molar-refractivity contribution >= 4 is 23.3 Å². The first-order chi connectivity index (χ1) is 9.56. The van der Waals surface area contributed by atoms with Crippen molar-refractivity contribution in [3.63, 3.8) is 0 Å². The van der Waals surface area contributed by atoms with Crippen molar-refractivity contribution in [1.82, 2.24) is 0 Å². The average Bonchev–Trinajstić information content (AvgIpc) is 2.42. The molecule has 1 rings (SSSR count). The van der Waals surface area contributed by atoms with Crippen LogP contribution in [0.3, 0.4) is 0 Å². The van der Waals surface area contributed by atoms with E-state index in [2.05, 4.69) is 27.1 Å². The highest BCUT2D eigenvalue weighted by Gasteiger charge is 2.18. The second-order valence-electron chi connectivity index (χ2n) is 3.34. The third-order valence-electron chi connectivity index (χ3n) is 2.02. The van der Waals surface area contributed by atoms with E-state index in [4.69, 9.17) is 0 Å². The summed E-state index contributed by atoms with van der Waals surface area (Å²) in [6.45, 7) is 0.240. The summed E-state index contributed by atoms with van der Waals surface area (Å²) < 4.78 is 4.68. The molecule has 1 N–H and O–H groups in total. The van der Waals surface area contributed by atoms with Gasteiger partial charge in [0.25, 0.3) is 5.69 Å². The molecule has 0 fully saturated rings. The highest BCUT2D eigenvalue weighted by Crippen LogP contribution is 2.28. The minimum absolute atomic E-state index is 0.0328. The van der Waals surface area contributed by atoms with Crippen LogP contribution in [0.15, 0.2) is 23.3 Å². The summed E-state index contributed by atoms with van der Waals surface area (Å²) in [5.74, 6) is 5.13. The number of nitrogens with one attached hydrogen (secondary N) is 1. The van der Waals surface area contributed by atoms with E-state index in [9.17, 15) is 20.2 Å². The van der Waals surface area contributed by atoms with Gasteiger partial charge in [0, 0.05) is 13.2 Å². The number of anilines is 1. The van der Waals surface area contributed by atoms with Gasteiger partial charge in [-0.2, -0.15) is 5.10 Å². The maximum absolute atomic E-state index is 10.8. The van der Waals surface area contributed by atoms with Gasteiger partial charge in [-0.15, -0.1) is 0 Å². The van der Waals surface area contributed by atoms with Crippen LogP contribution in [0.4, 0.5) is 17.1 Å². The molecule has 9 heteroatoms. The minimum atomic E-state index is -0.735. The lowest BCUT2D eigenvalue weighted by Crippen LogP contribution is -1.98. The molecular formula is C11H10N4O5. The number of nitro benzene ring substituents is 2. The molecule has 0 aliphatic carbocycles. The summed E-state index contributed by atoms with van der Waals surface area (Å²) in [4.78, 5) is 19.9. The Labute approximate surface area is 113 Å². The zero-order valence-electron chi connectivity index (χ0n) is 10.4. The number of nitro groups is 2. The quantitative estimate of drug-likeness (QED) is 0.377. The van der Waals surface area contributed by atoms with Crippen molar-refractivity contribution in [3.8, 4) is 11.8 Å². The number of non-ortho nitro benzene ring substituents is 1. The number of benzene rings is 1. The number of ether oxygens (including phenoxy) is 1. The lowest BCUT2D eigenvalue weighted by atomic mass is 10.2. The number of nitrogens with zero attached hydrogens (tertiary/aromatic N) is 3. The molecule has 104 valence electrons. The van der Waals surface area contributed by atoms with Crippen molar-refractivity contribution in [2.24, 2.45) is 5.10 Å². The Hall–Kier alpha value is -2.99. The minimum Gasteiger partial charge on any atom is -0.372 e. The molecule has 0 aliphatic rings. The molecule has 0 aromatic heterocycles. The molecule has 0 atom stereocenters. The van der Waals surface area contributed by atoms with Crippen LogP contribution in [0.5, 0.6) is 0 Å². The summed E-state index contributed by atoms with van der Waals surface area (Å²) in [5, 5.41) is 25.0. The zero-order valence-corrected chi connectivity index (χ0v) is 10.4. The number of hydrogen-bond acceptors (Lipinski definition) is 7. The van der Waals surface area contributed by atoms with Gasteiger partial charge in [0.05, 0.1) is 22.1 Å². The predicted octanol–water partition coefficient (Wildman–Crippen LogP) is 1.55. The highest BCUT2D eigenvalue weighted by molar-refractivity contribution is 5.79. The summed E-state index contributed by atoms with van der Waals surface area (Å²) in [7, 11) is 1.49. The van der Waals surface area contributed by atoms with E-state index < -0.39 is 15.5 Å². The van der Waals surface area contributed by atoms with E-state index in [0.717, 1.165) is 12.1 Å². The number of rotatable bonds is 5. The Morgan fingerprint density at radius 2 is 2.15 bits per heavy atom. The normalized spacial score (nSPS) is 9.85. The van der Waals surface area contributed by atoms with Gasteiger partial charge in [0.1, 0.15) is 12.3 Å². The van der Waals surface area contributed by atoms with Crippen molar-refractivity contribution in [3.05, 3.63) is 38.4 Å². The van der Waals surface area contributed by atoms with Crippen molar-refractivity contribution in [1.29, 1.82) is 0 Å². The summed E-state index contributed by atoms with van der Waals surface area (Å²) in [6.07, 6.45) is 1.20. The van der Waals surface area contributed by atoms with E-state index in [0.29, 0.717) is 0 Å². The SMILES string of the molecule is COCC#C/C=N/Nc1ccc([N+](=O)[O-])cc1[N+](=O)[O-]. The van der Waals surface area contributed by atoms with Gasteiger partial charge in [0.2, 0.25) is 0 Å². The second kappa shape index (κ2) is 7.45. The van der Waals surface area contributed by atoms with Gasteiger partial charge in [-0.05, 0) is 6.07 Å². The predicted molar refractivity (Wildman–Crippen MR) is 71.5 cm³/mol. The molecule has 0 saturated carbocycles. The molecule has 0 aliphatic heterocycles. The summed E-state index contributed by atoms with van der Waals surface area (Å²) in [5.41, 5.74) is 1.62. The largest absolute Gasteiger partial charge is 0.372 e. The van der Waals surface area contributed by atoms with Gasteiger partial charge in [-0.25, -0.2) is 0 Å². The van der Waals surface area contributed by atoms with Gasteiger partial charge >= 0.3 is 5.69 Å². The van der Waals surface area contributed by atoms with E-state index in [-0.39, 0.29) is 18.0 Å². The fourth-order valence-electron chi connectivity index (χ4n) is 1.17.